The summed E-state index contributed by atoms with van der Waals surface area (Å²) in [6.45, 7) is 0.331. The van der Waals surface area contributed by atoms with Gasteiger partial charge in [-0.3, -0.25) is 4.79 Å². The van der Waals surface area contributed by atoms with Crippen molar-refractivity contribution in [1.29, 1.82) is 0 Å². The molecule has 0 spiro atoms. The Kier molecular flexibility index (Phi) is 5.46. The molecule has 0 bridgehead atoms. The Morgan fingerprint density at radius 2 is 2.00 bits per heavy atom. The SMILES string of the molecule is COc1cccc(CN2C(=O)CCSC2c2ccc(O)cc2O)c1OC. The maximum atomic E-state index is 12.6. The summed E-state index contributed by atoms with van der Waals surface area (Å²) < 4.78 is 10.8. The molecule has 1 atom stereocenters. The molecular weight excluding hydrogens is 354 g/mol. The van der Waals surface area contributed by atoms with Gasteiger partial charge in [0.05, 0.1) is 20.8 Å². The molecular formula is C19H21NO5S. The quantitative estimate of drug-likeness (QED) is 0.835. The van der Waals surface area contributed by atoms with Gasteiger partial charge in [0.25, 0.3) is 0 Å². The first kappa shape index (κ1) is 18.3. The third-order valence-corrected chi connectivity index (χ3v) is 5.56. The first-order chi connectivity index (χ1) is 12.5. The second-order valence-corrected chi connectivity index (χ2v) is 7.08. The number of nitrogens with zero attached hydrogens (tertiary/aromatic N) is 1. The Labute approximate surface area is 156 Å². The van der Waals surface area contributed by atoms with Crippen LogP contribution >= 0.6 is 11.8 Å². The number of hydrogen-bond donors (Lipinski definition) is 2. The highest BCUT2D eigenvalue weighted by Crippen LogP contribution is 2.43. The summed E-state index contributed by atoms with van der Waals surface area (Å²) >= 11 is 1.58. The van der Waals surface area contributed by atoms with Gasteiger partial charge in [0.2, 0.25) is 5.91 Å². The second-order valence-electron chi connectivity index (χ2n) is 5.89. The lowest BCUT2D eigenvalue weighted by Gasteiger charge is -2.36. The van der Waals surface area contributed by atoms with Gasteiger partial charge in [0.1, 0.15) is 16.9 Å². The Hall–Kier alpha value is -2.54. The van der Waals surface area contributed by atoms with Crippen LogP contribution < -0.4 is 9.47 Å². The van der Waals surface area contributed by atoms with Gasteiger partial charge >= 0.3 is 0 Å². The van der Waals surface area contributed by atoms with E-state index in [1.807, 2.05) is 12.1 Å². The van der Waals surface area contributed by atoms with E-state index in [1.165, 1.54) is 12.1 Å². The smallest absolute Gasteiger partial charge is 0.224 e. The highest BCUT2D eigenvalue weighted by atomic mass is 32.2. The fourth-order valence-corrected chi connectivity index (χ4v) is 4.32. The van der Waals surface area contributed by atoms with Crippen LogP contribution in [0.1, 0.15) is 22.9 Å². The zero-order valence-corrected chi connectivity index (χ0v) is 15.5. The van der Waals surface area contributed by atoms with Crippen molar-refractivity contribution in [3.05, 3.63) is 47.5 Å². The number of amides is 1. The number of aromatic hydroxyl groups is 2. The Morgan fingerprint density at radius 1 is 1.19 bits per heavy atom. The lowest BCUT2D eigenvalue weighted by molar-refractivity contribution is -0.132. The summed E-state index contributed by atoms with van der Waals surface area (Å²) in [6.07, 6.45) is 0.437. The van der Waals surface area contributed by atoms with E-state index in [2.05, 4.69) is 0 Å². The summed E-state index contributed by atoms with van der Waals surface area (Å²) in [4.78, 5) is 14.3. The molecule has 0 saturated carbocycles. The molecule has 1 aliphatic heterocycles. The van der Waals surface area contributed by atoms with E-state index in [4.69, 9.17) is 9.47 Å². The minimum Gasteiger partial charge on any atom is -0.508 e. The van der Waals surface area contributed by atoms with Crippen molar-refractivity contribution < 1.29 is 24.5 Å². The van der Waals surface area contributed by atoms with Crippen molar-refractivity contribution in [2.45, 2.75) is 18.3 Å². The van der Waals surface area contributed by atoms with E-state index in [-0.39, 0.29) is 22.8 Å². The molecule has 26 heavy (non-hydrogen) atoms. The van der Waals surface area contributed by atoms with Gasteiger partial charge < -0.3 is 24.6 Å². The van der Waals surface area contributed by atoms with Crippen LogP contribution in [0.4, 0.5) is 0 Å². The van der Waals surface area contributed by atoms with Crippen LogP contribution in [-0.2, 0) is 11.3 Å². The largest absolute Gasteiger partial charge is 0.508 e. The number of carbonyl (C=O) groups excluding carboxylic acids is 1. The number of rotatable bonds is 5. The number of phenolic OH excluding ortho intramolecular Hbond substituents is 2. The summed E-state index contributed by atoms with van der Waals surface area (Å²) in [5.74, 6) is 1.83. The lowest BCUT2D eigenvalue weighted by Crippen LogP contribution is -2.36. The summed E-state index contributed by atoms with van der Waals surface area (Å²) in [6, 6.07) is 10.0. The Morgan fingerprint density at radius 3 is 2.69 bits per heavy atom. The van der Waals surface area contributed by atoms with Crippen molar-refractivity contribution in [3.8, 4) is 23.0 Å². The second kappa shape index (κ2) is 7.78. The predicted molar refractivity (Wildman–Crippen MR) is 99.7 cm³/mol. The zero-order valence-electron chi connectivity index (χ0n) is 14.6. The molecule has 1 aliphatic rings. The summed E-state index contributed by atoms with van der Waals surface area (Å²) in [5.41, 5.74) is 1.42. The van der Waals surface area contributed by atoms with Crippen molar-refractivity contribution in [2.75, 3.05) is 20.0 Å². The van der Waals surface area contributed by atoms with E-state index in [0.717, 1.165) is 5.56 Å². The van der Waals surface area contributed by atoms with E-state index in [0.29, 0.717) is 35.8 Å². The van der Waals surface area contributed by atoms with Crippen LogP contribution in [0.5, 0.6) is 23.0 Å². The third kappa shape index (κ3) is 3.53. The van der Waals surface area contributed by atoms with Crippen molar-refractivity contribution in [2.24, 2.45) is 0 Å². The average molecular weight is 375 g/mol. The van der Waals surface area contributed by atoms with Gasteiger partial charge in [-0.2, -0.15) is 0 Å². The summed E-state index contributed by atoms with van der Waals surface area (Å²) in [7, 11) is 3.14. The number of ether oxygens (including phenoxy) is 2. The topological polar surface area (TPSA) is 79.2 Å². The number of carbonyl (C=O) groups is 1. The Balaban J connectivity index is 1.96. The zero-order chi connectivity index (χ0) is 18.7. The van der Waals surface area contributed by atoms with Gasteiger partial charge in [0.15, 0.2) is 11.5 Å². The molecule has 2 aromatic carbocycles. The minimum atomic E-state index is -0.340. The highest BCUT2D eigenvalue weighted by Gasteiger charge is 2.32. The van der Waals surface area contributed by atoms with E-state index in [9.17, 15) is 15.0 Å². The average Bonchev–Trinajstić information content (AvgIpc) is 2.63. The third-order valence-electron chi connectivity index (χ3n) is 4.30. The molecule has 2 N–H and O–H groups in total. The first-order valence-corrected chi connectivity index (χ1v) is 9.23. The number of phenols is 2. The monoisotopic (exact) mass is 375 g/mol. The van der Waals surface area contributed by atoms with E-state index in [1.54, 1.807) is 43.0 Å². The number of para-hydroxylation sites is 1. The molecule has 1 unspecified atom stereocenters. The lowest BCUT2D eigenvalue weighted by atomic mass is 10.1. The maximum Gasteiger partial charge on any atom is 0.224 e. The van der Waals surface area contributed by atoms with Crippen molar-refractivity contribution in [1.82, 2.24) is 4.90 Å². The molecule has 6 nitrogen and oxygen atoms in total. The van der Waals surface area contributed by atoms with Crippen LogP contribution in [0, 0.1) is 0 Å². The van der Waals surface area contributed by atoms with Gasteiger partial charge in [-0.25, -0.2) is 0 Å². The van der Waals surface area contributed by atoms with E-state index < -0.39 is 0 Å². The number of benzene rings is 2. The van der Waals surface area contributed by atoms with Gasteiger partial charge in [-0.05, 0) is 18.2 Å². The maximum absolute atomic E-state index is 12.6. The normalized spacial score (nSPS) is 17.2. The van der Waals surface area contributed by atoms with Crippen LogP contribution in [0.2, 0.25) is 0 Å². The van der Waals surface area contributed by atoms with Crippen LogP contribution in [0.3, 0.4) is 0 Å². The number of hydrogen-bond acceptors (Lipinski definition) is 6. The van der Waals surface area contributed by atoms with Crippen molar-refractivity contribution >= 4 is 17.7 Å². The van der Waals surface area contributed by atoms with Crippen LogP contribution in [0.25, 0.3) is 0 Å². The molecule has 0 aromatic heterocycles. The molecule has 1 saturated heterocycles. The van der Waals surface area contributed by atoms with E-state index >= 15 is 0 Å². The minimum absolute atomic E-state index is 0.00565. The highest BCUT2D eigenvalue weighted by molar-refractivity contribution is 7.99. The molecule has 0 aliphatic carbocycles. The van der Waals surface area contributed by atoms with Gasteiger partial charge in [-0.1, -0.05) is 12.1 Å². The molecule has 1 heterocycles. The van der Waals surface area contributed by atoms with Crippen LogP contribution in [-0.4, -0.2) is 41.0 Å². The summed E-state index contributed by atoms with van der Waals surface area (Å²) in [5, 5.41) is 19.4. The number of methoxy groups -OCH3 is 2. The fraction of sp³-hybridized carbons (Fsp3) is 0.316. The number of thioether (sulfide) groups is 1. The molecule has 1 fully saturated rings. The van der Waals surface area contributed by atoms with Crippen molar-refractivity contribution in [3.63, 3.8) is 0 Å². The first-order valence-electron chi connectivity index (χ1n) is 8.18. The molecule has 2 aromatic rings. The molecule has 7 heteroatoms. The van der Waals surface area contributed by atoms with Crippen LogP contribution in [0.15, 0.2) is 36.4 Å². The molecule has 138 valence electrons. The predicted octanol–water partition coefficient (Wildman–Crippen LogP) is 3.28. The standard InChI is InChI=1S/C19H21NO5S/c1-24-16-5-3-4-12(18(16)25-2)11-20-17(23)8-9-26-19(20)14-7-6-13(21)10-15(14)22/h3-7,10,19,21-22H,8-9,11H2,1-2H3. The Bertz CT molecular complexity index is 811. The molecule has 3 rings (SSSR count). The fourth-order valence-electron chi connectivity index (χ4n) is 3.05. The van der Waals surface area contributed by atoms with Gasteiger partial charge in [0, 0.05) is 29.4 Å². The van der Waals surface area contributed by atoms with Gasteiger partial charge in [-0.15, -0.1) is 11.8 Å². The molecule has 0 radical (unpaired) electrons. The molecule has 1 amide bonds.